The van der Waals surface area contributed by atoms with Gasteiger partial charge in [-0.15, -0.1) is 16.9 Å². The van der Waals surface area contributed by atoms with Gasteiger partial charge in [0.2, 0.25) is 11.1 Å². The van der Waals surface area contributed by atoms with Gasteiger partial charge in [-0.3, -0.25) is 9.69 Å². The standard InChI is InChI=1S/C27H31N5O4S2Si/c1-17(33)21-23(34)32-22(20(38-24(21)32)16-37-26-28-29-30-31(26)5)25(35)36-39(27(2,3)4,18-12-8-6-9-13-18)19-14-10-7-11-15-19/h6-15,17,21,24,33H,16H2,1-5H3/t17-,21+,24-/m1/s1. The molecular formula is C27H31N5O4S2Si. The highest BCUT2D eigenvalue weighted by Crippen LogP contribution is 2.52. The van der Waals surface area contributed by atoms with Crippen LogP contribution in [-0.4, -0.2) is 67.6 Å². The number of nitrogens with zero attached hydrogens (tertiary/aromatic N) is 5. The lowest BCUT2D eigenvalue weighted by molar-refractivity contribution is -0.156. The second-order valence-electron chi connectivity index (χ2n) is 10.7. The summed E-state index contributed by atoms with van der Waals surface area (Å²) >= 11 is 2.81. The summed E-state index contributed by atoms with van der Waals surface area (Å²) in [6, 6.07) is 19.8. The fraction of sp³-hybridized carbons (Fsp3) is 0.370. The summed E-state index contributed by atoms with van der Waals surface area (Å²) in [5.41, 5.74) is 0.252. The number of aliphatic hydroxyl groups excluding tert-OH is 1. The first kappa shape index (κ1) is 27.6. The smallest absolute Gasteiger partial charge is 0.343 e. The number of aryl methyl sites for hydroxylation is 1. The predicted octanol–water partition coefficient (Wildman–Crippen LogP) is 2.53. The maximum atomic E-state index is 14.3. The molecule has 1 fully saturated rings. The molecule has 1 N–H and O–H groups in total. The summed E-state index contributed by atoms with van der Waals surface area (Å²) < 4.78 is 8.32. The van der Waals surface area contributed by atoms with Crippen LogP contribution in [0, 0.1) is 5.92 Å². The summed E-state index contributed by atoms with van der Waals surface area (Å²) in [7, 11) is -1.46. The number of rotatable bonds is 8. The SMILES string of the molecule is C[C@@H](O)[C@H]1C(=O)N2C(C(=O)O[Si](c3ccccc3)(c3ccccc3)C(C)(C)C)=C(CSc3nnnn3C)S[C@H]12. The lowest BCUT2D eigenvalue weighted by Crippen LogP contribution is -2.68. The number of carbonyl (C=O) groups excluding carboxylic acids is 2. The molecule has 1 amide bonds. The number of benzene rings is 2. The van der Waals surface area contributed by atoms with E-state index in [1.54, 1.807) is 18.7 Å². The molecule has 0 bridgehead atoms. The van der Waals surface area contributed by atoms with Crippen LogP contribution in [0.2, 0.25) is 5.04 Å². The Morgan fingerprint density at radius 1 is 1.13 bits per heavy atom. The summed E-state index contributed by atoms with van der Waals surface area (Å²) in [5, 5.41) is 23.6. The number of carbonyl (C=O) groups is 2. The van der Waals surface area contributed by atoms with Crippen molar-refractivity contribution in [3.05, 3.63) is 71.3 Å². The average molecular weight is 582 g/mol. The third-order valence-electron chi connectivity index (χ3n) is 7.14. The van der Waals surface area contributed by atoms with E-state index in [0.29, 0.717) is 15.8 Å². The van der Waals surface area contributed by atoms with Gasteiger partial charge in [0, 0.05) is 17.7 Å². The van der Waals surface area contributed by atoms with Crippen molar-refractivity contribution in [2.75, 3.05) is 5.75 Å². The van der Waals surface area contributed by atoms with Crippen molar-refractivity contribution in [2.24, 2.45) is 13.0 Å². The van der Waals surface area contributed by atoms with Crippen molar-refractivity contribution >= 4 is 54.1 Å². The van der Waals surface area contributed by atoms with Crippen molar-refractivity contribution in [3.8, 4) is 0 Å². The normalized spacial score (nSPS) is 20.1. The van der Waals surface area contributed by atoms with Gasteiger partial charge in [-0.1, -0.05) is 93.2 Å². The molecule has 0 unspecified atom stereocenters. The highest BCUT2D eigenvalue weighted by molar-refractivity contribution is 8.06. The van der Waals surface area contributed by atoms with Gasteiger partial charge in [-0.05, 0) is 32.8 Å². The molecule has 1 saturated heterocycles. The van der Waals surface area contributed by atoms with Crippen molar-refractivity contribution < 1.29 is 19.1 Å². The number of hydrogen-bond donors (Lipinski definition) is 1. The maximum absolute atomic E-state index is 14.3. The molecular weight excluding hydrogens is 551 g/mol. The fourth-order valence-electron chi connectivity index (χ4n) is 5.26. The second kappa shape index (κ2) is 10.6. The Morgan fingerprint density at radius 3 is 2.21 bits per heavy atom. The molecule has 12 heteroatoms. The van der Waals surface area contributed by atoms with Crippen LogP contribution in [0.15, 0.2) is 76.4 Å². The molecule has 0 aliphatic carbocycles. The number of fused-ring (bicyclic) bond motifs is 1. The zero-order valence-electron chi connectivity index (χ0n) is 22.4. The van der Waals surface area contributed by atoms with Crippen molar-refractivity contribution in [1.29, 1.82) is 0 Å². The molecule has 9 nitrogen and oxygen atoms in total. The first-order valence-corrected chi connectivity index (χ1v) is 16.4. The molecule has 3 atom stereocenters. The minimum atomic E-state index is -3.21. The minimum absolute atomic E-state index is 0.252. The van der Waals surface area contributed by atoms with E-state index in [9.17, 15) is 14.7 Å². The molecule has 204 valence electrons. The van der Waals surface area contributed by atoms with Crippen LogP contribution in [0.1, 0.15) is 27.7 Å². The predicted molar refractivity (Wildman–Crippen MR) is 154 cm³/mol. The van der Waals surface area contributed by atoms with Crippen molar-refractivity contribution in [3.63, 3.8) is 0 Å². The molecule has 2 aromatic carbocycles. The third-order valence-corrected chi connectivity index (χ3v) is 14.6. The summed E-state index contributed by atoms with van der Waals surface area (Å²) in [5.74, 6) is -0.984. The Morgan fingerprint density at radius 2 is 1.72 bits per heavy atom. The van der Waals surface area contributed by atoms with Gasteiger partial charge in [0.25, 0.3) is 0 Å². The van der Waals surface area contributed by atoms with Gasteiger partial charge in [0.15, 0.2) is 0 Å². The molecule has 1 aromatic heterocycles. The highest BCUT2D eigenvalue weighted by atomic mass is 32.2. The molecule has 0 radical (unpaired) electrons. The van der Waals surface area contributed by atoms with Crippen LogP contribution in [0.4, 0.5) is 0 Å². The van der Waals surface area contributed by atoms with E-state index < -0.39 is 31.3 Å². The van der Waals surface area contributed by atoms with E-state index in [1.165, 1.54) is 28.4 Å². The van der Waals surface area contributed by atoms with Crippen molar-refractivity contribution in [2.45, 2.75) is 49.4 Å². The molecule has 3 heterocycles. The van der Waals surface area contributed by atoms with Crippen LogP contribution < -0.4 is 10.4 Å². The highest BCUT2D eigenvalue weighted by Gasteiger charge is 2.60. The number of aromatic nitrogens is 4. The number of tetrazole rings is 1. The number of hydrogen-bond acceptors (Lipinski definition) is 9. The Hall–Kier alpha value is -2.93. The molecule has 5 rings (SSSR count). The average Bonchev–Trinajstić information content (AvgIpc) is 3.46. The van der Waals surface area contributed by atoms with E-state index in [0.717, 1.165) is 10.4 Å². The summed E-state index contributed by atoms with van der Waals surface area (Å²) in [4.78, 5) is 29.8. The van der Waals surface area contributed by atoms with Gasteiger partial charge >= 0.3 is 14.3 Å². The lowest BCUT2D eigenvalue weighted by Gasteiger charge is -2.45. The van der Waals surface area contributed by atoms with Crippen LogP contribution >= 0.6 is 23.5 Å². The third kappa shape index (κ3) is 4.73. The zero-order valence-corrected chi connectivity index (χ0v) is 25.1. The van der Waals surface area contributed by atoms with Crippen molar-refractivity contribution in [1.82, 2.24) is 25.1 Å². The van der Waals surface area contributed by atoms with Gasteiger partial charge in [-0.2, -0.15) is 0 Å². The topological polar surface area (TPSA) is 110 Å². The first-order valence-electron chi connectivity index (χ1n) is 12.7. The van der Waals surface area contributed by atoms with E-state index in [2.05, 4.69) is 36.3 Å². The number of amides is 1. The van der Waals surface area contributed by atoms with Gasteiger partial charge in [0.05, 0.1) is 12.0 Å². The Bertz CT molecular complexity index is 1370. The molecule has 39 heavy (non-hydrogen) atoms. The Balaban J connectivity index is 1.58. The summed E-state index contributed by atoms with van der Waals surface area (Å²) in [6.45, 7) is 7.91. The van der Waals surface area contributed by atoms with Gasteiger partial charge < -0.3 is 9.53 Å². The monoisotopic (exact) mass is 581 g/mol. The maximum Gasteiger partial charge on any atom is 0.343 e. The quantitative estimate of drug-likeness (QED) is 0.244. The van der Waals surface area contributed by atoms with E-state index >= 15 is 0 Å². The zero-order chi connectivity index (χ0) is 27.9. The van der Waals surface area contributed by atoms with Crippen LogP contribution in [0.5, 0.6) is 0 Å². The van der Waals surface area contributed by atoms with E-state index in [1.807, 2.05) is 60.7 Å². The number of thioether (sulfide) groups is 2. The van der Waals surface area contributed by atoms with Gasteiger partial charge in [0.1, 0.15) is 11.1 Å². The van der Waals surface area contributed by atoms with Crippen LogP contribution in [0.25, 0.3) is 0 Å². The number of β-lactam (4-membered cyclic amide) rings is 1. The molecule has 3 aromatic rings. The molecule has 0 saturated carbocycles. The molecule has 2 aliphatic rings. The van der Waals surface area contributed by atoms with Gasteiger partial charge in [-0.25, -0.2) is 9.48 Å². The first-order chi connectivity index (χ1) is 18.6. The Labute approximate surface area is 237 Å². The summed E-state index contributed by atoms with van der Waals surface area (Å²) in [6.07, 6.45) is -0.824. The van der Waals surface area contributed by atoms with E-state index in [4.69, 9.17) is 4.43 Å². The van der Waals surface area contributed by atoms with E-state index in [-0.39, 0.29) is 17.0 Å². The lowest BCUT2D eigenvalue weighted by atomic mass is 9.92. The molecule has 0 spiro atoms. The van der Waals surface area contributed by atoms with Crippen LogP contribution in [0.3, 0.4) is 0 Å². The second-order valence-corrected chi connectivity index (χ2v) is 17.1. The van der Waals surface area contributed by atoms with Crippen LogP contribution in [-0.2, 0) is 21.1 Å². The number of aliphatic hydroxyl groups is 1. The molecule has 2 aliphatic heterocycles. The Kier molecular flexibility index (Phi) is 7.48. The fourth-order valence-corrected chi connectivity index (χ4v) is 12.1. The largest absolute Gasteiger partial charge is 0.505 e. The minimum Gasteiger partial charge on any atom is -0.505 e.